The quantitative estimate of drug-likeness (QED) is 0.625. The van der Waals surface area contributed by atoms with Crippen molar-refractivity contribution in [1.29, 1.82) is 0 Å². The number of carboxylic acid groups (broad SMARTS) is 1. The number of tetrazole rings is 1. The van der Waals surface area contributed by atoms with E-state index in [0.29, 0.717) is 5.16 Å². The van der Waals surface area contributed by atoms with Crippen molar-refractivity contribution >= 4 is 27.8 Å². The Morgan fingerprint density at radius 3 is 2.68 bits per heavy atom. The zero-order valence-electron chi connectivity index (χ0n) is 10.7. The molecule has 0 spiro atoms. The lowest BCUT2D eigenvalue weighted by atomic mass is 10.1. The van der Waals surface area contributed by atoms with Crippen LogP contribution in [-0.4, -0.2) is 57.2 Å². The maximum Gasteiger partial charge on any atom is 0.313 e. The van der Waals surface area contributed by atoms with Crippen molar-refractivity contribution in [3.05, 3.63) is 0 Å². The molecular weight excluding hydrogens is 294 g/mol. The largest absolute Gasteiger partial charge is 0.481 e. The number of nitrogens with zero attached hydrogens (tertiary/aromatic N) is 4. The molecule has 0 aromatic carbocycles. The van der Waals surface area contributed by atoms with Gasteiger partial charge in [0.25, 0.3) is 0 Å². The van der Waals surface area contributed by atoms with E-state index in [-0.39, 0.29) is 12.3 Å². The molecule has 0 aliphatic carbocycles. The molecular formula is C8H15N5O4S2. The molecule has 0 aliphatic rings. The molecule has 0 saturated carbocycles. The van der Waals surface area contributed by atoms with Crippen molar-refractivity contribution in [3.63, 3.8) is 0 Å². The minimum atomic E-state index is -3.36. The third-order valence-electron chi connectivity index (χ3n) is 1.83. The Bertz CT molecular complexity index is 553. The van der Waals surface area contributed by atoms with Crippen LogP contribution in [0.5, 0.6) is 0 Å². The van der Waals surface area contributed by atoms with E-state index in [0.717, 1.165) is 18.0 Å². The molecule has 1 aromatic heterocycles. The van der Waals surface area contributed by atoms with Gasteiger partial charge in [-0.25, -0.2) is 17.8 Å². The molecule has 0 saturated heterocycles. The van der Waals surface area contributed by atoms with Crippen LogP contribution in [-0.2, 0) is 21.4 Å². The van der Waals surface area contributed by atoms with Gasteiger partial charge >= 0.3 is 5.97 Å². The van der Waals surface area contributed by atoms with Gasteiger partial charge in [-0.05, 0) is 24.3 Å². The molecule has 19 heavy (non-hydrogen) atoms. The van der Waals surface area contributed by atoms with Gasteiger partial charge in [0.15, 0.2) is 0 Å². The molecule has 9 nitrogen and oxygen atoms in total. The average Bonchev–Trinajstić information content (AvgIpc) is 2.57. The third kappa shape index (κ3) is 5.98. The van der Waals surface area contributed by atoms with Crippen LogP contribution < -0.4 is 4.72 Å². The molecule has 0 amide bonds. The molecule has 11 heteroatoms. The number of aromatic nitrogens is 4. The molecule has 1 aromatic rings. The first-order chi connectivity index (χ1) is 8.59. The van der Waals surface area contributed by atoms with Crippen molar-refractivity contribution in [3.8, 4) is 0 Å². The van der Waals surface area contributed by atoms with Crippen LogP contribution >= 0.6 is 11.8 Å². The standard InChI is InChI=1S/C8H15N5O4S2/c1-8(2,10-19(3,16)17)5-13-7(9-11-12-13)18-4-6(14)15/h10H,4-5H2,1-3H3,(H,14,15). The minimum absolute atomic E-state index is 0.166. The Balaban J connectivity index is 2.76. The van der Waals surface area contributed by atoms with Crippen molar-refractivity contribution in [1.82, 2.24) is 24.9 Å². The first-order valence-corrected chi connectivity index (χ1v) is 8.06. The van der Waals surface area contributed by atoms with Gasteiger partial charge in [0.05, 0.1) is 18.6 Å². The van der Waals surface area contributed by atoms with Crippen LogP contribution in [0.3, 0.4) is 0 Å². The second-order valence-corrected chi connectivity index (χ2v) is 7.25. The maximum absolute atomic E-state index is 11.2. The lowest BCUT2D eigenvalue weighted by Crippen LogP contribution is -2.46. The highest BCUT2D eigenvalue weighted by molar-refractivity contribution is 7.99. The molecule has 0 atom stereocenters. The maximum atomic E-state index is 11.2. The molecule has 0 radical (unpaired) electrons. The molecule has 1 heterocycles. The number of carbonyl (C=O) groups is 1. The second-order valence-electron chi connectivity index (χ2n) is 4.56. The number of hydrogen-bond acceptors (Lipinski definition) is 7. The summed E-state index contributed by atoms with van der Waals surface area (Å²) in [4.78, 5) is 10.5. The molecule has 1 rings (SSSR count). The van der Waals surface area contributed by atoms with Crippen LogP contribution in [0.4, 0.5) is 0 Å². The fourth-order valence-corrected chi connectivity index (χ4v) is 3.10. The van der Waals surface area contributed by atoms with Gasteiger partial charge in [0, 0.05) is 5.54 Å². The lowest BCUT2D eigenvalue weighted by molar-refractivity contribution is -0.133. The summed E-state index contributed by atoms with van der Waals surface area (Å²) in [5.74, 6) is -1.15. The Morgan fingerprint density at radius 2 is 2.16 bits per heavy atom. The second kappa shape index (κ2) is 5.84. The van der Waals surface area contributed by atoms with Crippen LogP contribution in [0, 0.1) is 0 Å². The highest BCUT2D eigenvalue weighted by atomic mass is 32.2. The van der Waals surface area contributed by atoms with Gasteiger partial charge in [-0.15, -0.1) is 5.10 Å². The van der Waals surface area contributed by atoms with E-state index in [1.165, 1.54) is 4.68 Å². The summed E-state index contributed by atoms with van der Waals surface area (Å²) >= 11 is 0.971. The summed E-state index contributed by atoms with van der Waals surface area (Å²) in [6.07, 6.45) is 1.06. The van der Waals surface area contributed by atoms with Crippen LogP contribution in [0.25, 0.3) is 0 Å². The number of sulfonamides is 1. The monoisotopic (exact) mass is 309 g/mol. The van der Waals surface area contributed by atoms with Gasteiger partial charge in [-0.2, -0.15) is 0 Å². The highest BCUT2D eigenvalue weighted by Crippen LogP contribution is 2.16. The van der Waals surface area contributed by atoms with E-state index in [1.807, 2.05) is 0 Å². The van der Waals surface area contributed by atoms with Gasteiger partial charge in [-0.1, -0.05) is 11.8 Å². The van der Waals surface area contributed by atoms with Gasteiger partial charge in [0.2, 0.25) is 15.2 Å². The number of rotatable bonds is 7. The first kappa shape index (κ1) is 15.9. The zero-order valence-corrected chi connectivity index (χ0v) is 12.3. The molecule has 0 fully saturated rings. The smallest absolute Gasteiger partial charge is 0.313 e. The topological polar surface area (TPSA) is 127 Å². The minimum Gasteiger partial charge on any atom is -0.481 e. The van der Waals surface area contributed by atoms with E-state index in [2.05, 4.69) is 20.2 Å². The predicted octanol–water partition coefficient (Wildman–Crippen LogP) is -0.822. The number of thioether (sulfide) groups is 1. The molecule has 0 aliphatic heterocycles. The van der Waals surface area contributed by atoms with Crippen LogP contribution in [0.15, 0.2) is 5.16 Å². The van der Waals surface area contributed by atoms with E-state index >= 15 is 0 Å². The number of carboxylic acids is 1. The van der Waals surface area contributed by atoms with Gasteiger partial charge < -0.3 is 5.11 Å². The number of hydrogen-bond donors (Lipinski definition) is 2. The zero-order chi connectivity index (χ0) is 14.7. The Hall–Kier alpha value is -1.20. The van der Waals surface area contributed by atoms with Crippen LogP contribution in [0.1, 0.15) is 13.8 Å². The summed E-state index contributed by atoms with van der Waals surface area (Å²) in [6, 6.07) is 0. The summed E-state index contributed by atoms with van der Waals surface area (Å²) in [7, 11) is -3.36. The summed E-state index contributed by atoms with van der Waals surface area (Å²) in [6.45, 7) is 3.55. The molecule has 0 bridgehead atoms. The van der Waals surface area contributed by atoms with Crippen LogP contribution in [0.2, 0.25) is 0 Å². The fraction of sp³-hybridized carbons (Fsp3) is 0.750. The van der Waals surface area contributed by atoms with Crippen molar-refractivity contribution in [2.24, 2.45) is 0 Å². The normalized spacial score (nSPS) is 12.6. The third-order valence-corrected chi connectivity index (χ3v) is 3.70. The van der Waals surface area contributed by atoms with E-state index in [9.17, 15) is 13.2 Å². The Morgan fingerprint density at radius 1 is 1.53 bits per heavy atom. The number of nitrogens with one attached hydrogen (secondary N) is 1. The van der Waals surface area contributed by atoms with Gasteiger partial charge in [0.1, 0.15) is 0 Å². The molecule has 108 valence electrons. The van der Waals surface area contributed by atoms with E-state index in [4.69, 9.17) is 5.11 Å². The number of aliphatic carboxylic acids is 1. The average molecular weight is 309 g/mol. The molecule has 0 unspecified atom stereocenters. The Kier molecular flexibility index (Phi) is 4.87. The predicted molar refractivity (Wildman–Crippen MR) is 68.2 cm³/mol. The lowest BCUT2D eigenvalue weighted by Gasteiger charge is -2.24. The Labute approximate surface area is 114 Å². The van der Waals surface area contributed by atoms with Crippen molar-refractivity contribution < 1.29 is 18.3 Å². The first-order valence-electron chi connectivity index (χ1n) is 5.19. The molecule has 2 N–H and O–H groups in total. The van der Waals surface area contributed by atoms with Crippen molar-refractivity contribution in [2.45, 2.75) is 31.1 Å². The summed E-state index contributed by atoms with van der Waals surface area (Å²) in [5, 5.41) is 19.8. The summed E-state index contributed by atoms with van der Waals surface area (Å²) < 4.78 is 26.3. The van der Waals surface area contributed by atoms with Crippen molar-refractivity contribution in [2.75, 3.05) is 12.0 Å². The van der Waals surface area contributed by atoms with E-state index in [1.54, 1.807) is 13.8 Å². The highest BCUT2D eigenvalue weighted by Gasteiger charge is 2.25. The van der Waals surface area contributed by atoms with E-state index < -0.39 is 21.5 Å². The van der Waals surface area contributed by atoms with Gasteiger partial charge in [-0.3, -0.25) is 4.79 Å². The fourth-order valence-electron chi connectivity index (χ4n) is 1.43. The summed E-state index contributed by atoms with van der Waals surface area (Å²) in [5.41, 5.74) is -0.790. The SMILES string of the molecule is CC(C)(Cn1nnnc1SCC(=O)O)NS(C)(=O)=O.